The number of benzene rings is 1. The largest absolute Gasteiger partial charge is 0.504 e. The highest BCUT2D eigenvalue weighted by molar-refractivity contribution is 7.81. The Kier molecular flexibility index (Phi) is 2.30. The molecule has 0 spiro atoms. The van der Waals surface area contributed by atoms with Crippen LogP contribution in [0.3, 0.4) is 0 Å². The number of rotatable bonds is 2. The fraction of sp³-hybridized carbons (Fsp3) is 0. The first kappa shape index (κ1) is 9.62. The van der Waals surface area contributed by atoms with Crippen molar-refractivity contribution in [2.24, 2.45) is 0 Å². The van der Waals surface area contributed by atoms with E-state index in [1.807, 2.05) is 0 Å². The van der Waals surface area contributed by atoms with Crippen molar-refractivity contribution in [2.45, 2.75) is 0 Å². The summed E-state index contributed by atoms with van der Waals surface area (Å²) in [6.07, 6.45) is 0. The van der Waals surface area contributed by atoms with Crippen LogP contribution >= 0.6 is 0 Å². The molecule has 6 nitrogen and oxygen atoms in total. The topological polar surface area (TPSA) is 104 Å². The van der Waals surface area contributed by atoms with Gasteiger partial charge in [-0.1, -0.05) is 0 Å². The summed E-state index contributed by atoms with van der Waals surface area (Å²) < 4.78 is 32.6. The molecule has 1 aromatic rings. The van der Waals surface area contributed by atoms with E-state index in [0.29, 0.717) is 0 Å². The maximum Gasteiger partial charge on any atom is 0.446 e. The average molecular weight is 206 g/mol. The van der Waals surface area contributed by atoms with E-state index < -0.39 is 21.9 Å². The van der Waals surface area contributed by atoms with Gasteiger partial charge < -0.3 is 14.4 Å². The van der Waals surface area contributed by atoms with Crippen LogP contribution in [0.5, 0.6) is 17.2 Å². The first-order chi connectivity index (χ1) is 5.88. The molecule has 0 aliphatic heterocycles. The van der Waals surface area contributed by atoms with Crippen molar-refractivity contribution in [3.8, 4) is 17.2 Å². The average Bonchev–Trinajstić information content (AvgIpc) is 1.94. The van der Waals surface area contributed by atoms with Crippen molar-refractivity contribution in [3.63, 3.8) is 0 Å². The molecule has 0 radical (unpaired) electrons. The van der Waals surface area contributed by atoms with Crippen LogP contribution in [0.1, 0.15) is 0 Å². The Labute approximate surface area is 74.0 Å². The van der Waals surface area contributed by atoms with Crippen LogP contribution in [0.15, 0.2) is 18.2 Å². The second-order valence-electron chi connectivity index (χ2n) is 2.16. The Hall–Kier alpha value is -1.47. The lowest BCUT2D eigenvalue weighted by Gasteiger charge is -2.02. The fourth-order valence-electron chi connectivity index (χ4n) is 0.677. The molecule has 0 saturated heterocycles. The third-order valence-corrected chi connectivity index (χ3v) is 1.55. The molecule has 0 atom stereocenters. The molecule has 0 aliphatic carbocycles. The minimum Gasteiger partial charge on any atom is -0.504 e. The normalized spacial score (nSPS) is 11.2. The Morgan fingerprint density at radius 1 is 1.15 bits per heavy atom. The van der Waals surface area contributed by atoms with Crippen LogP contribution in [-0.4, -0.2) is 23.2 Å². The van der Waals surface area contributed by atoms with Gasteiger partial charge in [0.1, 0.15) is 5.75 Å². The van der Waals surface area contributed by atoms with Gasteiger partial charge in [-0.05, 0) is 12.1 Å². The van der Waals surface area contributed by atoms with Crippen molar-refractivity contribution in [1.82, 2.24) is 0 Å². The molecule has 0 aliphatic rings. The quantitative estimate of drug-likeness (QED) is 0.474. The van der Waals surface area contributed by atoms with Crippen molar-refractivity contribution in [3.05, 3.63) is 18.2 Å². The molecule has 0 bridgehead atoms. The Morgan fingerprint density at radius 2 is 1.77 bits per heavy atom. The van der Waals surface area contributed by atoms with Crippen LogP contribution in [0.25, 0.3) is 0 Å². The molecule has 7 heteroatoms. The lowest BCUT2D eigenvalue weighted by Crippen LogP contribution is -2.06. The van der Waals surface area contributed by atoms with Crippen LogP contribution < -0.4 is 4.18 Å². The third kappa shape index (κ3) is 2.80. The van der Waals surface area contributed by atoms with E-state index in [4.69, 9.17) is 14.8 Å². The number of phenols is 2. The number of hydrogen-bond donors (Lipinski definition) is 3. The smallest absolute Gasteiger partial charge is 0.446 e. The van der Waals surface area contributed by atoms with Gasteiger partial charge in [0.15, 0.2) is 11.5 Å². The van der Waals surface area contributed by atoms with Crippen molar-refractivity contribution in [1.29, 1.82) is 0 Å². The van der Waals surface area contributed by atoms with Gasteiger partial charge in [-0.25, -0.2) is 0 Å². The van der Waals surface area contributed by atoms with E-state index in [9.17, 15) is 8.42 Å². The minimum absolute atomic E-state index is 0.294. The first-order valence-corrected chi connectivity index (χ1v) is 4.44. The van der Waals surface area contributed by atoms with E-state index in [-0.39, 0.29) is 5.75 Å². The van der Waals surface area contributed by atoms with E-state index in [1.54, 1.807) is 0 Å². The number of phenolic OH excluding ortho intramolecular Hbond substituents is 2. The zero-order valence-electron chi connectivity index (χ0n) is 6.21. The molecule has 13 heavy (non-hydrogen) atoms. The summed E-state index contributed by atoms with van der Waals surface area (Å²) in [4.78, 5) is 0. The number of aromatic hydroxyl groups is 2. The second kappa shape index (κ2) is 3.11. The van der Waals surface area contributed by atoms with Gasteiger partial charge in [-0.15, -0.1) is 0 Å². The zero-order chi connectivity index (χ0) is 10.1. The van der Waals surface area contributed by atoms with E-state index in [1.165, 1.54) is 0 Å². The summed E-state index contributed by atoms with van der Waals surface area (Å²) >= 11 is 0. The van der Waals surface area contributed by atoms with Gasteiger partial charge in [-0.2, -0.15) is 8.42 Å². The molecule has 0 aromatic heterocycles. The van der Waals surface area contributed by atoms with Crippen molar-refractivity contribution < 1.29 is 27.4 Å². The van der Waals surface area contributed by atoms with Crippen LogP contribution in [0, 0.1) is 0 Å². The number of hydrogen-bond acceptors (Lipinski definition) is 5. The Morgan fingerprint density at radius 3 is 2.23 bits per heavy atom. The maximum absolute atomic E-state index is 10.2. The fourth-order valence-corrected chi connectivity index (χ4v) is 1.02. The highest BCUT2D eigenvalue weighted by Crippen LogP contribution is 2.28. The maximum atomic E-state index is 10.2. The van der Waals surface area contributed by atoms with Gasteiger partial charge in [0.2, 0.25) is 0 Å². The molecule has 0 unspecified atom stereocenters. The van der Waals surface area contributed by atoms with Crippen LogP contribution in [0.4, 0.5) is 0 Å². The summed E-state index contributed by atoms with van der Waals surface area (Å²) in [5.74, 6) is -1.25. The molecule has 3 N–H and O–H groups in total. The lowest BCUT2D eigenvalue weighted by molar-refractivity contribution is 0.379. The molecule has 0 amide bonds. The van der Waals surface area contributed by atoms with Gasteiger partial charge in [0.25, 0.3) is 0 Å². The van der Waals surface area contributed by atoms with Gasteiger partial charge in [-0.3, -0.25) is 4.55 Å². The summed E-state index contributed by atoms with van der Waals surface area (Å²) in [6.45, 7) is 0. The molecule has 72 valence electrons. The highest BCUT2D eigenvalue weighted by atomic mass is 32.3. The highest BCUT2D eigenvalue weighted by Gasteiger charge is 2.08. The molecule has 0 fully saturated rings. The van der Waals surface area contributed by atoms with Gasteiger partial charge in [0.05, 0.1) is 0 Å². The molecule has 1 rings (SSSR count). The molecular formula is C6H6O6S. The standard InChI is InChI=1S/C6H6O6S/c7-5-2-1-4(3-6(5)8)12-13(9,10)11/h1-3,7-8H,(H,9,10,11). The first-order valence-electron chi connectivity index (χ1n) is 3.07. The molecule has 1 aromatic carbocycles. The minimum atomic E-state index is -4.60. The predicted octanol–water partition coefficient (Wildman–Crippen LogP) is 0.279. The predicted molar refractivity (Wildman–Crippen MR) is 41.9 cm³/mol. The molecule has 0 heterocycles. The SMILES string of the molecule is O=S(=O)(O)Oc1ccc(O)c(O)c1. The summed E-state index contributed by atoms with van der Waals surface area (Å²) in [5.41, 5.74) is 0. The van der Waals surface area contributed by atoms with E-state index in [2.05, 4.69) is 4.18 Å². The van der Waals surface area contributed by atoms with Crippen LogP contribution in [0.2, 0.25) is 0 Å². The molecule has 0 saturated carbocycles. The van der Waals surface area contributed by atoms with Gasteiger partial charge >= 0.3 is 10.4 Å². The molecular weight excluding hydrogens is 200 g/mol. The van der Waals surface area contributed by atoms with E-state index >= 15 is 0 Å². The second-order valence-corrected chi connectivity index (χ2v) is 3.18. The Bertz CT molecular complexity index is 409. The Balaban J connectivity index is 2.99. The lowest BCUT2D eigenvalue weighted by atomic mass is 10.3. The van der Waals surface area contributed by atoms with Gasteiger partial charge in [0, 0.05) is 6.07 Å². The summed E-state index contributed by atoms with van der Waals surface area (Å²) in [6, 6.07) is 2.95. The summed E-state index contributed by atoms with van der Waals surface area (Å²) in [7, 11) is -4.60. The van der Waals surface area contributed by atoms with Crippen molar-refractivity contribution in [2.75, 3.05) is 0 Å². The van der Waals surface area contributed by atoms with Crippen molar-refractivity contribution >= 4 is 10.4 Å². The van der Waals surface area contributed by atoms with Crippen LogP contribution in [-0.2, 0) is 10.4 Å². The van der Waals surface area contributed by atoms with E-state index in [0.717, 1.165) is 18.2 Å². The third-order valence-electron chi connectivity index (χ3n) is 1.15. The zero-order valence-corrected chi connectivity index (χ0v) is 7.02. The summed E-state index contributed by atoms with van der Waals surface area (Å²) in [5, 5.41) is 17.7. The monoisotopic (exact) mass is 206 g/mol.